The molecule has 1 aromatic carbocycles. The van der Waals surface area contributed by atoms with Gasteiger partial charge in [0.1, 0.15) is 0 Å². The first-order valence-electron chi connectivity index (χ1n) is 8.86. The summed E-state index contributed by atoms with van der Waals surface area (Å²) in [5.74, 6) is 0.858. The molecule has 6 nitrogen and oxygen atoms in total. The summed E-state index contributed by atoms with van der Waals surface area (Å²) in [7, 11) is 0. The van der Waals surface area contributed by atoms with Gasteiger partial charge in [0.15, 0.2) is 11.4 Å². The molecule has 1 aliphatic rings. The number of nitrogens with zero attached hydrogens (tertiary/aromatic N) is 3. The van der Waals surface area contributed by atoms with E-state index in [0.29, 0.717) is 30.5 Å². The molecule has 1 aromatic heterocycles. The summed E-state index contributed by atoms with van der Waals surface area (Å²) in [6, 6.07) is 9.91. The van der Waals surface area contributed by atoms with Crippen LogP contribution in [-0.2, 0) is 0 Å². The lowest BCUT2D eigenvalue weighted by atomic mass is 10.2. The standard InChI is InChI=1S/C19H26N4O2.ClH/c1-14(2)13-25-17-12-23(16-7-5-4-6-8-16)21-18(17)19(24)22-10-9-20-11-15(22)3;/h4-8,12,14-15,20H,9-11,13H2,1-3H3;1H. The number of carbonyl (C=O) groups is 1. The van der Waals surface area contributed by atoms with Crippen molar-refractivity contribution in [2.75, 3.05) is 26.2 Å². The Hall–Kier alpha value is -2.05. The second kappa shape index (κ2) is 9.05. The third-order valence-electron chi connectivity index (χ3n) is 4.24. The lowest BCUT2D eigenvalue weighted by Gasteiger charge is -2.33. The first-order chi connectivity index (χ1) is 12.1. The summed E-state index contributed by atoms with van der Waals surface area (Å²) >= 11 is 0. The summed E-state index contributed by atoms with van der Waals surface area (Å²) in [6.45, 7) is 9.06. The van der Waals surface area contributed by atoms with E-state index in [4.69, 9.17) is 4.74 Å². The summed E-state index contributed by atoms with van der Waals surface area (Å²) < 4.78 is 7.62. The Morgan fingerprint density at radius 1 is 1.35 bits per heavy atom. The zero-order chi connectivity index (χ0) is 17.8. The van der Waals surface area contributed by atoms with Crippen molar-refractivity contribution in [1.29, 1.82) is 0 Å². The number of piperazine rings is 1. The van der Waals surface area contributed by atoms with Gasteiger partial charge in [-0.3, -0.25) is 4.79 Å². The SMILES string of the molecule is CC(C)COc1cn(-c2ccccc2)nc1C(=O)N1CCNCC1C.Cl. The number of benzene rings is 1. The van der Waals surface area contributed by atoms with Gasteiger partial charge in [-0.25, -0.2) is 4.68 Å². The van der Waals surface area contributed by atoms with Gasteiger partial charge in [0.2, 0.25) is 0 Å². The lowest BCUT2D eigenvalue weighted by molar-refractivity contribution is 0.0644. The predicted molar refractivity (Wildman–Crippen MR) is 105 cm³/mol. The fourth-order valence-corrected chi connectivity index (χ4v) is 2.86. The minimum Gasteiger partial charge on any atom is -0.489 e. The molecular formula is C19H27ClN4O2. The molecule has 0 radical (unpaired) electrons. The number of nitrogens with one attached hydrogen (secondary N) is 1. The molecule has 0 aliphatic carbocycles. The second-order valence-electron chi connectivity index (χ2n) is 6.88. The first kappa shape index (κ1) is 20.3. The van der Waals surface area contributed by atoms with Crippen LogP contribution in [0.5, 0.6) is 5.75 Å². The number of hydrogen-bond acceptors (Lipinski definition) is 4. The van der Waals surface area contributed by atoms with Crippen LogP contribution in [-0.4, -0.2) is 52.9 Å². The molecule has 7 heteroatoms. The van der Waals surface area contributed by atoms with Crippen LogP contribution in [0.4, 0.5) is 0 Å². The van der Waals surface area contributed by atoms with Crippen molar-refractivity contribution < 1.29 is 9.53 Å². The van der Waals surface area contributed by atoms with Crippen LogP contribution < -0.4 is 10.1 Å². The van der Waals surface area contributed by atoms with Crippen molar-refractivity contribution in [3.05, 3.63) is 42.2 Å². The van der Waals surface area contributed by atoms with E-state index in [1.165, 1.54) is 0 Å². The molecule has 0 saturated carbocycles. The predicted octanol–water partition coefficient (Wildman–Crippen LogP) is 2.76. The number of aromatic nitrogens is 2. The highest BCUT2D eigenvalue weighted by atomic mass is 35.5. The van der Waals surface area contributed by atoms with Gasteiger partial charge in [-0.15, -0.1) is 12.4 Å². The van der Waals surface area contributed by atoms with Gasteiger partial charge in [-0.1, -0.05) is 32.0 Å². The highest BCUT2D eigenvalue weighted by Gasteiger charge is 2.29. The van der Waals surface area contributed by atoms with Gasteiger partial charge in [0.05, 0.1) is 18.5 Å². The van der Waals surface area contributed by atoms with Crippen molar-refractivity contribution >= 4 is 18.3 Å². The molecule has 1 N–H and O–H groups in total. The fraction of sp³-hybridized carbons (Fsp3) is 0.474. The molecule has 1 atom stereocenters. The molecular weight excluding hydrogens is 352 g/mol. The van der Waals surface area contributed by atoms with Gasteiger partial charge < -0.3 is 15.0 Å². The van der Waals surface area contributed by atoms with Gasteiger partial charge in [0, 0.05) is 25.7 Å². The van der Waals surface area contributed by atoms with Gasteiger partial charge in [0.25, 0.3) is 5.91 Å². The largest absolute Gasteiger partial charge is 0.489 e. The van der Waals surface area contributed by atoms with E-state index in [9.17, 15) is 4.79 Å². The average molecular weight is 379 g/mol. The van der Waals surface area contributed by atoms with E-state index in [-0.39, 0.29) is 24.4 Å². The summed E-state index contributed by atoms with van der Waals surface area (Å²) in [4.78, 5) is 14.9. The van der Waals surface area contributed by atoms with E-state index in [0.717, 1.165) is 18.8 Å². The van der Waals surface area contributed by atoms with E-state index in [1.807, 2.05) is 42.2 Å². The van der Waals surface area contributed by atoms with Crippen molar-refractivity contribution in [3.8, 4) is 11.4 Å². The molecule has 1 amide bonds. The van der Waals surface area contributed by atoms with Crippen LogP contribution >= 0.6 is 12.4 Å². The van der Waals surface area contributed by atoms with Crippen molar-refractivity contribution in [2.45, 2.75) is 26.8 Å². The third-order valence-corrected chi connectivity index (χ3v) is 4.24. The Morgan fingerprint density at radius 2 is 2.08 bits per heavy atom. The molecule has 2 heterocycles. The average Bonchev–Trinajstić information content (AvgIpc) is 3.05. The normalized spacial score (nSPS) is 17.1. The number of carbonyl (C=O) groups excluding carboxylic acids is 1. The van der Waals surface area contributed by atoms with E-state index in [2.05, 4.69) is 24.3 Å². The van der Waals surface area contributed by atoms with E-state index < -0.39 is 0 Å². The zero-order valence-corrected chi connectivity index (χ0v) is 16.3. The lowest BCUT2D eigenvalue weighted by Crippen LogP contribution is -2.52. The van der Waals surface area contributed by atoms with Crippen LogP contribution in [0.3, 0.4) is 0 Å². The smallest absolute Gasteiger partial charge is 0.278 e. The highest BCUT2D eigenvalue weighted by molar-refractivity contribution is 5.95. The quantitative estimate of drug-likeness (QED) is 0.869. The van der Waals surface area contributed by atoms with Crippen molar-refractivity contribution in [2.24, 2.45) is 5.92 Å². The molecule has 0 bridgehead atoms. The molecule has 1 unspecified atom stereocenters. The van der Waals surface area contributed by atoms with Crippen LogP contribution in [0.15, 0.2) is 36.5 Å². The summed E-state index contributed by atoms with van der Waals surface area (Å²) in [5.41, 5.74) is 1.29. The molecule has 142 valence electrons. The number of amides is 1. The number of halogens is 1. The van der Waals surface area contributed by atoms with Gasteiger partial charge >= 0.3 is 0 Å². The summed E-state index contributed by atoms with van der Waals surface area (Å²) in [6.07, 6.45) is 1.80. The monoisotopic (exact) mass is 378 g/mol. The van der Waals surface area contributed by atoms with Crippen molar-refractivity contribution in [1.82, 2.24) is 20.0 Å². The van der Waals surface area contributed by atoms with Crippen LogP contribution in [0.25, 0.3) is 5.69 Å². The van der Waals surface area contributed by atoms with E-state index in [1.54, 1.807) is 10.9 Å². The first-order valence-corrected chi connectivity index (χ1v) is 8.86. The number of rotatable bonds is 5. The molecule has 2 aromatic rings. The summed E-state index contributed by atoms with van der Waals surface area (Å²) in [5, 5.41) is 7.85. The minimum atomic E-state index is -0.0672. The minimum absolute atomic E-state index is 0. The Morgan fingerprint density at radius 3 is 2.73 bits per heavy atom. The maximum Gasteiger partial charge on any atom is 0.278 e. The Bertz CT molecular complexity index is 718. The van der Waals surface area contributed by atoms with E-state index >= 15 is 0 Å². The second-order valence-corrected chi connectivity index (χ2v) is 6.88. The third kappa shape index (κ3) is 4.56. The van der Waals surface area contributed by atoms with Gasteiger partial charge in [-0.2, -0.15) is 5.10 Å². The maximum atomic E-state index is 13.1. The van der Waals surface area contributed by atoms with Crippen molar-refractivity contribution in [3.63, 3.8) is 0 Å². The Labute approximate surface area is 160 Å². The van der Waals surface area contributed by atoms with Crippen LogP contribution in [0.1, 0.15) is 31.3 Å². The Balaban J connectivity index is 0.00000243. The highest BCUT2D eigenvalue weighted by Crippen LogP contribution is 2.23. The topological polar surface area (TPSA) is 59.4 Å². The van der Waals surface area contributed by atoms with Crippen LogP contribution in [0.2, 0.25) is 0 Å². The molecule has 26 heavy (non-hydrogen) atoms. The number of ether oxygens (including phenoxy) is 1. The molecule has 3 rings (SSSR count). The fourth-order valence-electron chi connectivity index (χ4n) is 2.86. The Kier molecular flexibility index (Phi) is 7.06. The molecule has 1 fully saturated rings. The molecule has 0 spiro atoms. The van der Waals surface area contributed by atoms with Gasteiger partial charge in [-0.05, 0) is 25.0 Å². The molecule has 1 aliphatic heterocycles. The maximum absolute atomic E-state index is 13.1. The zero-order valence-electron chi connectivity index (χ0n) is 15.5. The number of para-hydroxylation sites is 1. The molecule has 1 saturated heterocycles. The number of hydrogen-bond donors (Lipinski definition) is 1. The van der Waals surface area contributed by atoms with Crippen LogP contribution in [0, 0.1) is 5.92 Å².